The van der Waals surface area contributed by atoms with Gasteiger partial charge in [0.2, 0.25) is 0 Å². The Labute approximate surface area is 190 Å². The van der Waals surface area contributed by atoms with Crippen molar-refractivity contribution in [1.29, 1.82) is 0 Å². The fourth-order valence-corrected chi connectivity index (χ4v) is 3.48. The summed E-state index contributed by atoms with van der Waals surface area (Å²) in [6.07, 6.45) is 27.4. The van der Waals surface area contributed by atoms with Crippen molar-refractivity contribution >= 4 is 36.5 Å². The minimum Gasteiger partial charge on any atom is -1.00 e. The summed E-state index contributed by atoms with van der Waals surface area (Å²) in [6.45, 7) is 0. The molecule has 0 saturated heterocycles. The van der Waals surface area contributed by atoms with Gasteiger partial charge in [-0.3, -0.25) is 0 Å². The van der Waals surface area contributed by atoms with Crippen molar-refractivity contribution in [3.05, 3.63) is 104 Å². The Morgan fingerprint density at radius 2 is 0.926 bits per heavy atom. The summed E-state index contributed by atoms with van der Waals surface area (Å²) in [6, 6.07) is 8.61. The molecule has 0 aromatic heterocycles. The van der Waals surface area contributed by atoms with Crippen LogP contribution in [-0.2, 0) is 26.2 Å². The van der Waals surface area contributed by atoms with Crippen LogP contribution in [0.2, 0.25) is 0 Å². The van der Waals surface area contributed by atoms with Gasteiger partial charge >= 0.3 is 26.2 Å². The molecule has 0 amide bonds. The van der Waals surface area contributed by atoms with Gasteiger partial charge in [0.25, 0.3) is 0 Å². The molecule has 0 bridgehead atoms. The Morgan fingerprint density at radius 3 is 1.37 bits per heavy atom. The summed E-state index contributed by atoms with van der Waals surface area (Å²) in [5, 5.41) is 5.19. The van der Waals surface area contributed by atoms with E-state index in [-0.39, 0.29) is 51.0 Å². The zero-order chi connectivity index (χ0) is 15.9. The van der Waals surface area contributed by atoms with Crippen LogP contribution >= 0.6 is 0 Å². The number of hydrogen-bond acceptors (Lipinski definition) is 0. The number of hydrogen-bond donors (Lipinski definition) is 0. The van der Waals surface area contributed by atoms with Crippen LogP contribution in [-0.4, -0.2) is 0 Å². The summed E-state index contributed by atoms with van der Waals surface area (Å²) in [4.78, 5) is 0. The van der Waals surface area contributed by atoms with Crippen LogP contribution in [0.3, 0.4) is 0 Å². The Kier molecular flexibility index (Phi) is 7.23. The minimum absolute atomic E-state index is 0. The van der Waals surface area contributed by atoms with E-state index in [1.165, 1.54) is 43.1 Å². The van der Waals surface area contributed by atoms with Crippen molar-refractivity contribution < 1.29 is 51.0 Å². The van der Waals surface area contributed by atoms with E-state index in [9.17, 15) is 0 Å². The Balaban J connectivity index is 0.000000174. The maximum absolute atomic E-state index is 3.25. The third-order valence-electron chi connectivity index (χ3n) is 4.68. The standard InChI is InChI=1S/2C12H7.2ClH.Zr/c2*1-3-9-7-8-10-4-2-6-12(10)11(9)5-1;;;/h2*1-5,7-8H;2*1H;/q2*-1;;;+4/p-2. The van der Waals surface area contributed by atoms with Crippen molar-refractivity contribution in [3.63, 3.8) is 0 Å². The second kappa shape index (κ2) is 9.02. The molecule has 0 atom stereocenters. The Bertz CT molecular complexity index is 1050. The van der Waals surface area contributed by atoms with Crippen LogP contribution in [0.15, 0.2) is 48.6 Å². The third kappa shape index (κ3) is 3.83. The molecule has 0 unspecified atom stereocenters. The van der Waals surface area contributed by atoms with Crippen LogP contribution in [0.25, 0.3) is 36.5 Å². The molecule has 0 saturated carbocycles. The molecule has 0 radical (unpaired) electrons. The van der Waals surface area contributed by atoms with Crippen molar-refractivity contribution in [2.24, 2.45) is 0 Å². The van der Waals surface area contributed by atoms with E-state index < -0.39 is 0 Å². The molecule has 0 nitrogen and oxygen atoms in total. The summed E-state index contributed by atoms with van der Waals surface area (Å²) >= 11 is 0. The first-order valence-corrected chi connectivity index (χ1v) is 8.13. The molecule has 4 aliphatic rings. The van der Waals surface area contributed by atoms with Gasteiger partial charge in [0.05, 0.1) is 0 Å². The molecule has 0 aliphatic heterocycles. The second-order valence-electron chi connectivity index (χ2n) is 6.07. The van der Waals surface area contributed by atoms with Gasteiger partial charge in [0.1, 0.15) is 0 Å². The van der Waals surface area contributed by atoms with Crippen molar-refractivity contribution in [3.8, 4) is 0 Å². The molecule has 0 spiro atoms. The van der Waals surface area contributed by atoms with Crippen LogP contribution in [0.4, 0.5) is 0 Å². The van der Waals surface area contributed by atoms with Crippen molar-refractivity contribution in [1.82, 2.24) is 0 Å². The Morgan fingerprint density at radius 1 is 0.519 bits per heavy atom. The van der Waals surface area contributed by atoms with E-state index in [0.717, 1.165) is 0 Å². The molecule has 0 fully saturated rings. The monoisotopic (exact) mass is 462 g/mol. The molecule has 0 N–H and O–H groups in total. The zero-order valence-electron chi connectivity index (χ0n) is 14.3. The van der Waals surface area contributed by atoms with Gasteiger partial charge < -0.3 is 24.8 Å². The predicted molar refractivity (Wildman–Crippen MR) is 101 cm³/mol. The van der Waals surface area contributed by atoms with E-state index in [0.29, 0.717) is 0 Å². The molecule has 27 heavy (non-hydrogen) atoms. The number of fused-ring (bicyclic) bond motifs is 6. The Hall–Kier alpha value is -1.66. The van der Waals surface area contributed by atoms with Crippen LogP contribution < -0.4 is 45.7 Å². The smallest absolute Gasteiger partial charge is 1.00 e. The maximum Gasteiger partial charge on any atom is 4.00 e. The van der Waals surface area contributed by atoms with Gasteiger partial charge in [0.15, 0.2) is 0 Å². The third-order valence-corrected chi connectivity index (χ3v) is 4.68. The van der Waals surface area contributed by atoms with Gasteiger partial charge in [-0.05, 0) is 0 Å². The SMILES string of the molecule is [C-]1=CC=c2ccc3c(c21)C=CC=3.[C-]1=CC=c2ccc3c(c21)C=CC=3.[Cl-].[Cl-].[Zr+4]. The maximum atomic E-state index is 3.25. The van der Waals surface area contributed by atoms with Gasteiger partial charge in [-0.1, -0.05) is 70.2 Å². The van der Waals surface area contributed by atoms with E-state index >= 15 is 0 Å². The van der Waals surface area contributed by atoms with E-state index in [2.05, 4.69) is 85.0 Å². The molecular weight excluding hydrogens is 450 g/mol. The van der Waals surface area contributed by atoms with Gasteiger partial charge in [0, 0.05) is 0 Å². The first-order chi connectivity index (χ1) is 11.9. The van der Waals surface area contributed by atoms with Gasteiger partial charge in [-0.2, -0.15) is 24.3 Å². The van der Waals surface area contributed by atoms with E-state index in [4.69, 9.17) is 0 Å². The first kappa shape index (κ1) is 21.6. The molecular formula is C24H14Cl2Zr. The summed E-state index contributed by atoms with van der Waals surface area (Å²) in [7, 11) is 0. The van der Waals surface area contributed by atoms with Gasteiger partial charge in [-0.15, -0.1) is 45.8 Å². The summed E-state index contributed by atoms with van der Waals surface area (Å²) < 4.78 is 0. The quantitative estimate of drug-likeness (QED) is 0.349. The first-order valence-electron chi connectivity index (χ1n) is 8.13. The summed E-state index contributed by atoms with van der Waals surface area (Å²) in [5.41, 5.74) is 5.13. The largest absolute Gasteiger partial charge is 4.00 e. The fourth-order valence-electron chi connectivity index (χ4n) is 3.48. The second-order valence-corrected chi connectivity index (χ2v) is 6.07. The molecule has 4 aliphatic carbocycles. The zero-order valence-corrected chi connectivity index (χ0v) is 18.3. The average Bonchev–Trinajstić information content (AvgIpc) is 3.40. The number of rotatable bonds is 0. The fraction of sp³-hybridized carbons (Fsp3) is 0. The predicted octanol–water partition coefficient (Wildman–Crippen LogP) is -4.00. The molecule has 3 heteroatoms. The molecule has 6 rings (SSSR count). The van der Waals surface area contributed by atoms with E-state index in [1.54, 1.807) is 0 Å². The van der Waals surface area contributed by atoms with Crippen LogP contribution in [0, 0.1) is 12.2 Å². The van der Waals surface area contributed by atoms with Crippen molar-refractivity contribution in [2.45, 2.75) is 0 Å². The average molecular weight is 465 g/mol. The van der Waals surface area contributed by atoms with Crippen molar-refractivity contribution in [2.75, 3.05) is 0 Å². The number of halogens is 2. The van der Waals surface area contributed by atoms with Gasteiger partial charge in [-0.25, -0.2) is 0 Å². The molecule has 0 heterocycles. The molecule has 2 aromatic carbocycles. The molecule has 2 aromatic rings. The summed E-state index contributed by atoms with van der Waals surface area (Å²) in [5.74, 6) is 0. The number of allylic oxidation sites excluding steroid dienone is 4. The van der Waals surface area contributed by atoms with E-state index in [1.807, 2.05) is 12.2 Å². The molecule has 128 valence electrons. The van der Waals surface area contributed by atoms with Crippen LogP contribution in [0.5, 0.6) is 0 Å². The van der Waals surface area contributed by atoms with Crippen LogP contribution in [0.1, 0.15) is 22.3 Å². The minimum atomic E-state index is 0. The topological polar surface area (TPSA) is 0 Å². The number of benzene rings is 2. The normalized spacial score (nSPS) is 13.6.